The average Bonchev–Trinajstić information content (AvgIpc) is 2.85. The number of carboxylic acids is 1. The molecular formula is C26H34N2O5S. The normalized spacial score (nSPS) is 15.5. The van der Waals surface area contributed by atoms with E-state index >= 15 is 0 Å². The largest absolute Gasteiger partial charge is 0.494 e. The minimum atomic E-state index is -4.03. The first-order valence-corrected chi connectivity index (χ1v) is 13.3. The number of benzene rings is 2. The van der Waals surface area contributed by atoms with Gasteiger partial charge in [0.2, 0.25) is 10.0 Å². The highest BCUT2D eigenvalue weighted by Crippen LogP contribution is 2.20. The Balaban J connectivity index is 1.50. The molecule has 0 bridgehead atoms. The number of unbranched alkanes of at least 4 members (excludes halogenated alkanes) is 1. The van der Waals surface area contributed by atoms with Crippen molar-refractivity contribution >= 4 is 22.1 Å². The predicted molar refractivity (Wildman–Crippen MR) is 133 cm³/mol. The van der Waals surface area contributed by atoms with Crippen molar-refractivity contribution in [3.63, 3.8) is 0 Å². The molecule has 8 heteroatoms. The van der Waals surface area contributed by atoms with Crippen molar-refractivity contribution < 1.29 is 23.1 Å². The molecule has 1 fully saturated rings. The highest BCUT2D eigenvalue weighted by molar-refractivity contribution is 7.89. The van der Waals surface area contributed by atoms with Crippen LogP contribution in [0.5, 0.6) is 5.75 Å². The van der Waals surface area contributed by atoms with Gasteiger partial charge in [0.05, 0.1) is 11.5 Å². The Morgan fingerprint density at radius 2 is 1.85 bits per heavy atom. The molecule has 1 heterocycles. The average molecular weight is 487 g/mol. The molecule has 2 aromatic rings. The summed E-state index contributed by atoms with van der Waals surface area (Å²) in [5.74, 6) is 0.303. The molecule has 2 aromatic carbocycles. The first-order valence-electron chi connectivity index (χ1n) is 11.8. The van der Waals surface area contributed by atoms with Gasteiger partial charge in [-0.25, -0.2) is 8.42 Å². The molecule has 0 aliphatic carbocycles. The highest BCUT2D eigenvalue weighted by atomic mass is 32.2. The molecule has 0 saturated carbocycles. The van der Waals surface area contributed by atoms with Crippen LogP contribution in [0.4, 0.5) is 0 Å². The predicted octanol–water partition coefficient (Wildman–Crippen LogP) is 3.85. The second-order valence-corrected chi connectivity index (χ2v) is 10.3. The third-order valence-electron chi connectivity index (χ3n) is 6.12. The molecule has 184 valence electrons. The molecule has 34 heavy (non-hydrogen) atoms. The van der Waals surface area contributed by atoms with Crippen LogP contribution in [0, 0.1) is 5.92 Å². The van der Waals surface area contributed by atoms with Crippen LogP contribution < -0.4 is 14.8 Å². The molecule has 7 nitrogen and oxygen atoms in total. The Labute approximate surface area is 202 Å². The fraction of sp³-hybridized carbons (Fsp3) is 0.423. The van der Waals surface area contributed by atoms with E-state index in [4.69, 9.17) is 4.74 Å². The summed E-state index contributed by atoms with van der Waals surface area (Å²) in [6, 6.07) is 12.2. The Kier molecular flexibility index (Phi) is 9.68. The van der Waals surface area contributed by atoms with Crippen LogP contribution in [0.2, 0.25) is 0 Å². The van der Waals surface area contributed by atoms with Gasteiger partial charge < -0.3 is 15.2 Å². The Hall–Kier alpha value is -2.68. The minimum absolute atomic E-state index is 0.000140. The molecule has 1 saturated heterocycles. The molecule has 0 aromatic heterocycles. The van der Waals surface area contributed by atoms with Gasteiger partial charge in [-0.3, -0.25) is 4.79 Å². The highest BCUT2D eigenvalue weighted by Gasteiger charge is 2.27. The first-order chi connectivity index (χ1) is 16.4. The number of sulfonamides is 1. The smallest absolute Gasteiger partial charge is 0.322 e. The molecule has 1 aliphatic rings. The van der Waals surface area contributed by atoms with Crippen molar-refractivity contribution in [2.45, 2.75) is 49.5 Å². The van der Waals surface area contributed by atoms with Crippen molar-refractivity contribution in [3.8, 4) is 5.75 Å². The van der Waals surface area contributed by atoms with E-state index in [2.05, 4.69) is 16.6 Å². The van der Waals surface area contributed by atoms with Crippen LogP contribution in [-0.4, -0.2) is 45.2 Å². The van der Waals surface area contributed by atoms with Gasteiger partial charge in [0.15, 0.2) is 0 Å². The minimum Gasteiger partial charge on any atom is -0.494 e. The zero-order valence-electron chi connectivity index (χ0n) is 19.4. The lowest BCUT2D eigenvalue weighted by Gasteiger charge is -2.22. The third-order valence-corrected chi connectivity index (χ3v) is 7.67. The van der Waals surface area contributed by atoms with Crippen molar-refractivity contribution in [2.75, 3.05) is 19.7 Å². The van der Waals surface area contributed by atoms with Gasteiger partial charge in [0, 0.05) is 0 Å². The van der Waals surface area contributed by atoms with Gasteiger partial charge in [-0.1, -0.05) is 49.4 Å². The lowest BCUT2D eigenvalue weighted by Crippen LogP contribution is -2.42. The fourth-order valence-corrected chi connectivity index (χ4v) is 5.58. The van der Waals surface area contributed by atoms with Crippen LogP contribution in [-0.2, 0) is 21.2 Å². The first kappa shape index (κ1) is 25.9. The molecule has 1 atom stereocenters. The Bertz CT molecular complexity index is 1050. The number of piperidine rings is 1. The lowest BCUT2D eigenvalue weighted by atomic mass is 9.93. The zero-order valence-corrected chi connectivity index (χ0v) is 20.2. The number of aliphatic carboxylic acids is 1. The van der Waals surface area contributed by atoms with Crippen molar-refractivity contribution in [3.05, 3.63) is 66.2 Å². The summed E-state index contributed by atoms with van der Waals surface area (Å²) in [7, 11) is -4.03. The van der Waals surface area contributed by atoms with Crippen molar-refractivity contribution in [1.29, 1.82) is 0 Å². The summed E-state index contributed by atoms with van der Waals surface area (Å²) in [5, 5.41) is 13.0. The van der Waals surface area contributed by atoms with Crippen molar-refractivity contribution in [1.82, 2.24) is 10.0 Å². The van der Waals surface area contributed by atoms with Crippen LogP contribution in [0.3, 0.4) is 0 Å². The molecule has 0 spiro atoms. The number of carbonyl (C=O) groups is 1. The van der Waals surface area contributed by atoms with Crippen LogP contribution >= 0.6 is 0 Å². The quantitative estimate of drug-likeness (QED) is 0.372. The number of nitrogens with one attached hydrogen (secondary N) is 2. The van der Waals surface area contributed by atoms with E-state index in [1.54, 1.807) is 42.5 Å². The molecule has 3 rings (SSSR count). The third kappa shape index (κ3) is 7.68. The maximum Gasteiger partial charge on any atom is 0.322 e. The second kappa shape index (κ2) is 12.7. The topological polar surface area (TPSA) is 105 Å². The number of rotatable bonds is 13. The maximum absolute atomic E-state index is 12.8. The summed E-state index contributed by atoms with van der Waals surface area (Å²) in [4.78, 5) is 11.8. The number of carboxylic acid groups (broad SMARTS) is 1. The summed E-state index contributed by atoms with van der Waals surface area (Å²) >= 11 is 0. The van der Waals surface area contributed by atoms with E-state index < -0.39 is 22.0 Å². The maximum atomic E-state index is 12.8. The molecule has 0 amide bonds. The van der Waals surface area contributed by atoms with Gasteiger partial charge in [0.25, 0.3) is 0 Å². The van der Waals surface area contributed by atoms with E-state index in [0.29, 0.717) is 17.7 Å². The van der Waals surface area contributed by atoms with E-state index in [0.717, 1.165) is 37.6 Å². The monoisotopic (exact) mass is 486 g/mol. The second-order valence-electron chi connectivity index (χ2n) is 8.64. The van der Waals surface area contributed by atoms with Crippen LogP contribution in [0.1, 0.15) is 43.2 Å². The van der Waals surface area contributed by atoms with Gasteiger partial charge >= 0.3 is 5.97 Å². The lowest BCUT2D eigenvalue weighted by molar-refractivity contribution is -0.138. The van der Waals surface area contributed by atoms with Gasteiger partial charge in [0.1, 0.15) is 11.8 Å². The molecule has 3 N–H and O–H groups in total. The SMILES string of the molecule is C=Cc1ccccc1S(=O)(=O)NC(Cc1ccc(OCCCCC2CCNCC2)cc1)C(=O)O. The Morgan fingerprint density at radius 3 is 2.53 bits per heavy atom. The van der Waals surface area contributed by atoms with E-state index in [1.165, 1.54) is 31.4 Å². The number of ether oxygens (including phenoxy) is 1. The van der Waals surface area contributed by atoms with Gasteiger partial charge in [-0.05, 0) is 80.4 Å². The number of hydrogen-bond acceptors (Lipinski definition) is 5. The summed E-state index contributed by atoms with van der Waals surface area (Å²) < 4.78 is 33.7. The van der Waals surface area contributed by atoms with E-state index in [1.807, 2.05) is 0 Å². The summed E-state index contributed by atoms with van der Waals surface area (Å²) in [6.07, 6.45) is 7.36. The van der Waals surface area contributed by atoms with Gasteiger partial charge in [-0.2, -0.15) is 4.72 Å². The van der Waals surface area contributed by atoms with Crippen LogP contribution in [0.25, 0.3) is 6.08 Å². The molecular weight excluding hydrogens is 452 g/mol. The fourth-order valence-electron chi connectivity index (χ4n) is 4.18. The zero-order chi connectivity index (χ0) is 24.4. The number of hydrogen-bond donors (Lipinski definition) is 3. The summed E-state index contributed by atoms with van der Waals surface area (Å²) in [6.45, 7) is 6.52. The molecule has 1 aliphatic heterocycles. The molecule has 0 radical (unpaired) electrons. The summed E-state index contributed by atoms with van der Waals surface area (Å²) in [5.41, 5.74) is 1.11. The molecule has 1 unspecified atom stereocenters. The Morgan fingerprint density at radius 1 is 1.15 bits per heavy atom. The van der Waals surface area contributed by atoms with Crippen molar-refractivity contribution in [2.24, 2.45) is 5.92 Å². The van der Waals surface area contributed by atoms with Crippen LogP contribution in [0.15, 0.2) is 60.0 Å². The standard InChI is InChI=1S/C26H34N2O5S/c1-2-22-8-3-4-9-25(22)34(31,32)28-24(26(29)30)19-21-10-12-23(13-11-21)33-18-6-5-7-20-14-16-27-17-15-20/h2-4,8-13,20,24,27-28H,1,5-7,14-19H2,(H,29,30). The van der Waals surface area contributed by atoms with Gasteiger partial charge in [-0.15, -0.1) is 0 Å². The van der Waals surface area contributed by atoms with E-state index in [9.17, 15) is 18.3 Å². The van der Waals surface area contributed by atoms with E-state index in [-0.39, 0.29) is 11.3 Å².